The Labute approximate surface area is 173 Å². The molecule has 0 aliphatic carbocycles. The van der Waals surface area contributed by atoms with E-state index in [1.54, 1.807) is 12.1 Å². The van der Waals surface area contributed by atoms with Crippen molar-refractivity contribution in [3.8, 4) is 0 Å². The molecule has 1 aliphatic heterocycles. The zero-order valence-corrected chi connectivity index (χ0v) is 17.2. The lowest BCUT2D eigenvalue weighted by Crippen LogP contribution is -2.58. The molecule has 9 heteroatoms. The Hall–Kier alpha value is -2.39. The monoisotopic (exact) mass is 424 g/mol. The van der Waals surface area contributed by atoms with E-state index in [1.807, 2.05) is 11.8 Å². The van der Waals surface area contributed by atoms with Crippen molar-refractivity contribution in [3.05, 3.63) is 36.0 Å². The lowest BCUT2D eigenvalue weighted by molar-refractivity contribution is -0.136. The summed E-state index contributed by atoms with van der Waals surface area (Å²) in [5.41, 5.74) is 4.25. The lowest BCUT2D eigenvalue weighted by atomic mass is 9.93. The Kier molecular flexibility index (Phi) is 5.97. The number of halogens is 3. The topological polar surface area (TPSA) is 91.5 Å². The molecule has 164 valence electrons. The number of piperidine rings is 1. The van der Waals surface area contributed by atoms with Crippen LogP contribution in [0.25, 0.3) is 10.9 Å². The van der Waals surface area contributed by atoms with Crippen LogP contribution < -0.4 is 16.0 Å². The number of rotatable bonds is 4. The third kappa shape index (κ3) is 4.67. The van der Waals surface area contributed by atoms with Gasteiger partial charge in [0.15, 0.2) is 0 Å². The minimum Gasteiger partial charge on any atom is -0.388 e. The maximum Gasteiger partial charge on any atom is 0.418 e. The van der Waals surface area contributed by atoms with Gasteiger partial charge in [-0.2, -0.15) is 13.2 Å². The largest absolute Gasteiger partial charge is 0.418 e. The first kappa shape index (κ1) is 22.3. The van der Waals surface area contributed by atoms with Crippen LogP contribution in [0.4, 0.5) is 18.9 Å². The standard InChI is InChI=1S/C21H27F3N4O2/c1-12-9-13(27-19(29)18(25)20(2,3)30)11-28(10-12)16-7-6-15(21(22,23)24)17-14(16)5-4-8-26-17/h4-8,12-13,18,30H,9-11,25H2,1-3H3,(H,27,29)/t12-,13+,18+/m0/s1. The minimum atomic E-state index is -4.50. The number of pyridine rings is 1. The van der Waals surface area contributed by atoms with Crippen LogP contribution in [0.15, 0.2) is 30.5 Å². The molecule has 3 atom stereocenters. The summed E-state index contributed by atoms with van der Waals surface area (Å²) in [6.07, 6.45) is -2.44. The number of carbonyl (C=O) groups is 1. The van der Waals surface area contributed by atoms with Crippen LogP contribution in [0.2, 0.25) is 0 Å². The molecule has 0 radical (unpaired) electrons. The fraction of sp³-hybridized carbons (Fsp3) is 0.524. The molecule has 0 unspecified atom stereocenters. The summed E-state index contributed by atoms with van der Waals surface area (Å²) < 4.78 is 40.2. The van der Waals surface area contributed by atoms with Gasteiger partial charge >= 0.3 is 6.18 Å². The smallest absolute Gasteiger partial charge is 0.388 e. The summed E-state index contributed by atoms with van der Waals surface area (Å²) in [4.78, 5) is 18.4. The van der Waals surface area contributed by atoms with Gasteiger partial charge in [-0.15, -0.1) is 0 Å². The Balaban J connectivity index is 1.89. The molecule has 6 nitrogen and oxygen atoms in total. The number of hydrogen-bond donors (Lipinski definition) is 3. The van der Waals surface area contributed by atoms with Crippen molar-refractivity contribution in [1.82, 2.24) is 10.3 Å². The molecule has 0 spiro atoms. The number of hydrogen-bond acceptors (Lipinski definition) is 5. The zero-order valence-electron chi connectivity index (χ0n) is 17.2. The summed E-state index contributed by atoms with van der Waals surface area (Å²) in [5, 5.41) is 13.3. The molecule has 4 N–H and O–H groups in total. The number of nitrogens with zero attached hydrogens (tertiary/aromatic N) is 2. The number of carbonyl (C=O) groups excluding carboxylic acids is 1. The molecule has 1 amide bonds. The van der Waals surface area contributed by atoms with Crippen LogP contribution in [-0.4, -0.2) is 46.8 Å². The Morgan fingerprint density at radius 3 is 2.63 bits per heavy atom. The van der Waals surface area contributed by atoms with Gasteiger partial charge in [-0.05, 0) is 50.5 Å². The quantitative estimate of drug-likeness (QED) is 0.702. The number of nitrogens with one attached hydrogen (secondary N) is 1. The number of aromatic nitrogens is 1. The first-order chi connectivity index (χ1) is 13.9. The molecule has 1 aromatic heterocycles. The van der Waals surface area contributed by atoms with Crippen molar-refractivity contribution in [1.29, 1.82) is 0 Å². The highest BCUT2D eigenvalue weighted by molar-refractivity contribution is 5.94. The molecule has 1 fully saturated rings. The fourth-order valence-corrected chi connectivity index (χ4v) is 3.93. The van der Waals surface area contributed by atoms with Gasteiger partial charge in [0.1, 0.15) is 6.04 Å². The first-order valence-electron chi connectivity index (χ1n) is 9.86. The van der Waals surface area contributed by atoms with E-state index in [0.29, 0.717) is 30.6 Å². The molecule has 3 rings (SSSR count). The van der Waals surface area contributed by atoms with Gasteiger partial charge < -0.3 is 21.1 Å². The van der Waals surface area contributed by atoms with E-state index in [9.17, 15) is 23.1 Å². The van der Waals surface area contributed by atoms with Gasteiger partial charge in [-0.25, -0.2) is 0 Å². The highest BCUT2D eigenvalue weighted by Gasteiger charge is 2.36. The van der Waals surface area contributed by atoms with Crippen LogP contribution in [0.1, 0.15) is 32.8 Å². The number of benzene rings is 1. The van der Waals surface area contributed by atoms with E-state index in [0.717, 1.165) is 6.07 Å². The second-order valence-electron chi connectivity index (χ2n) is 8.61. The van der Waals surface area contributed by atoms with Crippen LogP contribution in [-0.2, 0) is 11.0 Å². The van der Waals surface area contributed by atoms with E-state index < -0.39 is 29.3 Å². The summed E-state index contributed by atoms with van der Waals surface area (Å²) in [5.74, 6) is -0.267. The highest BCUT2D eigenvalue weighted by Crippen LogP contribution is 2.38. The van der Waals surface area contributed by atoms with Gasteiger partial charge in [0.25, 0.3) is 0 Å². The second-order valence-corrected chi connectivity index (χ2v) is 8.61. The van der Waals surface area contributed by atoms with Crippen molar-refractivity contribution in [2.75, 3.05) is 18.0 Å². The van der Waals surface area contributed by atoms with Gasteiger partial charge in [0, 0.05) is 36.4 Å². The Morgan fingerprint density at radius 1 is 1.30 bits per heavy atom. The van der Waals surface area contributed by atoms with E-state index in [2.05, 4.69) is 10.3 Å². The maximum absolute atomic E-state index is 13.4. The number of alkyl halides is 3. The molecule has 2 aromatic rings. The first-order valence-corrected chi connectivity index (χ1v) is 9.86. The van der Waals surface area contributed by atoms with Gasteiger partial charge in [0.2, 0.25) is 5.91 Å². The van der Waals surface area contributed by atoms with Crippen LogP contribution in [0.5, 0.6) is 0 Å². The Bertz CT molecular complexity index is 927. The molecule has 1 aliphatic rings. The Morgan fingerprint density at radius 2 is 2.00 bits per heavy atom. The van der Waals surface area contributed by atoms with Crippen molar-refractivity contribution in [2.24, 2.45) is 11.7 Å². The molecular formula is C21H27F3N4O2. The zero-order chi connectivity index (χ0) is 22.3. The average molecular weight is 424 g/mol. The molecule has 0 bridgehead atoms. The van der Waals surface area contributed by atoms with Crippen molar-refractivity contribution in [2.45, 2.75) is 51.1 Å². The van der Waals surface area contributed by atoms with Crippen molar-refractivity contribution >= 4 is 22.5 Å². The van der Waals surface area contributed by atoms with Gasteiger partial charge in [-0.3, -0.25) is 9.78 Å². The van der Waals surface area contributed by atoms with E-state index in [-0.39, 0.29) is 17.5 Å². The molecular weight excluding hydrogens is 397 g/mol. The summed E-state index contributed by atoms with van der Waals surface area (Å²) in [6, 6.07) is 4.43. The number of fused-ring (bicyclic) bond motifs is 1. The predicted molar refractivity (Wildman–Crippen MR) is 109 cm³/mol. The van der Waals surface area contributed by atoms with Crippen LogP contribution in [0.3, 0.4) is 0 Å². The summed E-state index contributed by atoms with van der Waals surface area (Å²) in [6.45, 7) is 6.01. The number of anilines is 1. The third-order valence-corrected chi connectivity index (χ3v) is 5.44. The molecule has 1 saturated heterocycles. The van der Waals surface area contributed by atoms with Gasteiger partial charge in [-0.1, -0.05) is 6.92 Å². The minimum absolute atomic E-state index is 0.0923. The highest BCUT2D eigenvalue weighted by atomic mass is 19.4. The van der Waals surface area contributed by atoms with Crippen LogP contribution >= 0.6 is 0 Å². The van der Waals surface area contributed by atoms with Crippen molar-refractivity contribution in [3.63, 3.8) is 0 Å². The number of nitrogens with two attached hydrogens (primary N) is 1. The van der Waals surface area contributed by atoms with E-state index >= 15 is 0 Å². The van der Waals surface area contributed by atoms with Gasteiger partial charge in [0.05, 0.1) is 16.7 Å². The number of amides is 1. The summed E-state index contributed by atoms with van der Waals surface area (Å²) in [7, 11) is 0. The normalized spacial score (nSPS) is 21.5. The predicted octanol–water partition coefficient (Wildman–Crippen LogP) is 2.68. The molecule has 2 heterocycles. The third-order valence-electron chi connectivity index (χ3n) is 5.44. The number of aliphatic hydroxyl groups is 1. The van der Waals surface area contributed by atoms with E-state index in [4.69, 9.17) is 5.73 Å². The SMILES string of the molecule is C[C@H]1C[C@@H](NC(=O)[C@@H](N)C(C)(C)O)CN(c2ccc(C(F)(F)F)c3ncccc23)C1. The molecule has 1 aromatic carbocycles. The lowest BCUT2D eigenvalue weighted by Gasteiger charge is -2.39. The fourth-order valence-electron chi connectivity index (χ4n) is 3.93. The second kappa shape index (κ2) is 8.03. The summed E-state index contributed by atoms with van der Waals surface area (Å²) >= 11 is 0. The molecule has 30 heavy (non-hydrogen) atoms. The average Bonchev–Trinajstić information content (AvgIpc) is 2.64. The maximum atomic E-state index is 13.4. The van der Waals surface area contributed by atoms with E-state index in [1.165, 1.54) is 26.1 Å². The van der Waals surface area contributed by atoms with Crippen LogP contribution in [0, 0.1) is 5.92 Å². The molecule has 0 saturated carbocycles. The van der Waals surface area contributed by atoms with Crippen molar-refractivity contribution < 1.29 is 23.1 Å².